The van der Waals surface area contributed by atoms with Gasteiger partial charge < -0.3 is 14.6 Å². The number of aromatic nitrogens is 3. The molecule has 26 heavy (non-hydrogen) atoms. The lowest BCUT2D eigenvalue weighted by molar-refractivity contribution is -0.131. The maximum absolute atomic E-state index is 11.6. The number of aromatic amines is 1. The molecule has 0 fully saturated rings. The lowest BCUT2D eigenvalue weighted by Crippen LogP contribution is -2.00. The summed E-state index contributed by atoms with van der Waals surface area (Å²) in [5.41, 5.74) is 0.649. The summed E-state index contributed by atoms with van der Waals surface area (Å²) in [5.74, 6) is 3.02. The summed E-state index contributed by atoms with van der Waals surface area (Å²) in [7, 11) is 1.51. The van der Waals surface area contributed by atoms with E-state index in [1.165, 1.54) is 13.2 Å². The fraction of sp³-hybridized carbons (Fsp3) is 0.235. The minimum Gasteiger partial charge on any atom is -0.493 e. The maximum Gasteiger partial charge on any atom is 0.342 e. The number of halogens is 1. The van der Waals surface area contributed by atoms with Gasteiger partial charge >= 0.3 is 5.97 Å². The summed E-state index contributed by atoms with van der Waals surface area (Å²) in [5, 5.41) is 16.6. The van der Waals surface area contributed by atoms with Gasteiger partial charge in [0.1, 0.15) is 17.3 Å². The van der Waals surface area contributed by atoms with Crippen molar-refractivity contribution in [1.82, 2.24) is 15.2 Å². The Morgan fingerprint density at radius 3 is 2.88 bits per heavy atom. The highest BCUT2D eigenvalue weighted by atomic mass is 127. The Kier molecular flexibility index (Phi) is 7.35. The summed E-state index contributed by atoms with van der Waals surface area (Å²) in [6.45, 7) is 2.04. The molecule has 7 nitrogen and oxygen atoms in total. The van der Waals surface area contributed by atoms with Crippen LogP contribution in [0.3, 0.4) is 0 Å². The number of carboxylic acid groups (broad SMARTS) is 1. The predicted octanol–water partition coefficient (Wildman–Crippen LogP) is 3.21. The van der Waals surface area contributed by atoms with E-state index in [4.69, 9.17) is 15.9 Å². The first kappa shape index (κ1) is 20.1. The molecule has 0 aliphatic carbocycles. The van der Waals surface area contributed by atoms with Gasteiger partial charge in [-0.15, -0.1) is 11.5 Å². The first-order valence-corrected chi connectivity index (χ1v) is 9.35. The van der Waals surface area contributed by atoms with Gasteiger partial charge in [0.2, 0.25) is 5.16 Å². The average molecular weight is 485 g/mol. The van der Waals surface area contributed by atoms with Gasteiger partial charge in [0.15, 0.2) is 11.5 Å². The van der Waals surface area contributed by atoms with Crippen LogP contribution in [0.25, 0.3) is 6.08 Å². The zero-order valence-corrected chi connectivity index (χ0v) is 17.1. The number of hydrogen-bond donors (Lipinski definition) is 2. The van der Waals surface area contributed by atoms with Crippen LogP contribution < -0.4 is 9.47 Å². The molecule has 0 aliphatic heterocycles. The molecule has 0 spiro atoms. The van der Waals surface area contributed by atoms with Crippen molar-refractivity contribution in [3.63, 3.8) is 0 Å². The summed E-state index contributed by atoms with van der Waals surface area (Å²) >= 11 is 3.06. The molecule has 0 radical (unpaired) electrons. The van der Waals surface area contributed by atoms with Gasteiger partial charge in [0.05, 0.1) is 10.7 Å². The summed E-state index contributed by atoms with van der Waals surface area (Å²) in [6, 6.07) is 3.47. The third-order valence-electron chi connectivity index (χ3n) is 3.11. The SMILES string of the molecule is C#CCOc1c(I)cc(/C=C(\Sc2n[nH]c(CC)n2)C(=O)O)cc1OC. The van der Waals surface area contributed by atoms with Gasteiger partial charge in [-0.1, -0.05) is 12.8 Å². The highest BCUT2D eigenvalue weighted by Crippen LogP contribution is 2.35. The monoisotopic (exact) mass is 485 g/mol. The van der Waals surface area contributed by atoms with Crippen LogP contribution in [0, 0.1) is 15.9 Å². The van der Waals surface area contributed by atoms with E-state index >= 15 is 0 Å². The van der Waals surface area contributed by atoms with Crippen molar-refractivity contribution < 1.29 is 19.4 Å². The van der Waals surface area contributed by atoms with E-state index in [0.29, 0.717) is 34.5 Å². The minimum atomic E-state index is -1.07. The van der Waals surface area contributed by atoms with Crippen LogP contribution >= 0.6 is 34.4 Å². The van der Waals surface area contributed by atoms with E-state index in [1.54, 1.807) is 12.1 Å². The van der Waals surface area contributed by atoms with Crippen LogP contribution in [-0.4, -0.2) is 40.0 Å². The van der Waals surface area contributed by atoms with Crippen molar-refractivity contribution in [2.24, 2.45) is 0 Å². The molecule has 0 saturated heterocycles. The Hall–Kier alpha value is -2.19. The average Bonchev–Trinajstić information content (AvgIpc) is 3.07. The number of rotatable bonds is 8. The molecule has 1 heterocycles. The molecular weight excluding hydrogens is 469 g/mol. The fourth-order valence-corrected chi connectivity index (χ4v) is 3.45. The molecule has 0 amide bonds. The van der Waals surface area contributed by atoms with Crippen molar-refractivity contribution in [2.45, 2.75) is 18.5 Å². The molecule has 0 bridgehead atoms. The van der Waals surface area contributed by atoms with Gasteiger partial charge in [-0.3, -0.25) is 5.10 Å². The number of aryl methyl sites for hydroxylation is 1. The number of carboxylic acids is 1. The molecule has 1 aromatic carbocycles. The molecule has 2 rings (SSSR count). The van der Waals surface area contributed by atoms with Gasteiger partial charge in [-0.2, -0.15) is 0 Å². The summed E-state index contributed by atoms with van der Waals surface area (Å²) < 4.78 is 11.6. The van der Waals surface area contributed by atoms with E-state index in [1.807, 2.05) is 6.92 Å². The highest BCUT2D eigenvalue weighted by Gasteiger charge is 2.16. The second kappa shape index (κ2) is 9.49. The number of H-pyrrole nitrogens is 1. The molecule has 0 unspecified atom stereocenters. The number of methoxy groups -OCH3 is 1. The third kappa shape index (κ3) is 5.15. The number of carbonyl (C=O) groups is 1. The standard InChI is InChI=1S/C17H16IN3O4S/c1-4-6-25-15-11(18)7-10(8-12(15)24-3)9-13(16(22)23)26-17-19-14(5-2)20-21-17/h1,7-9H,5-6H2,2-3H3,(H,22,23)(H,19,20,21)/b13-9-. The maximum atomic E-state index is 11.6. The number of ether oxygens (including phenoxy) is 2. The Balaban J connectivity index is 2.35. The lowest BCUT2D eigenvalue weighted by atomic mass is 10.2. The van der Waals surface area contributed by atoms with Crippen molar-refractivity contribution in [2.75, 3.05) is 13.7 Å². The van der Waals surface area contributed by atoms with Crippen LogP contribution in [0.2, 0.25) is 0 Å². The molecule has 1 aromatic heterocycles. The Morgan fingerprint density at radius 2 is 2.31 bits per heavy atom. The number of thioether (sulfide) groups is 1. The third-order valence-corrected chi connectivity index (χ3v) is 4.79. The molecular formula is C17H16IN3O4S. The number of nitrogens with one attached hydrogen (secondary N) is 1. The lowest BCUT2D eigenvalue weighted by Gasteiger charge is -2.12. The minimum absolute atomic E-state index is 0.0850. The molecule has 0 aliphatic rings. The first-order chi connectivity index (χ1) is 12.5. The Bertz CT molecular complexity index is 873. The van der Waals surface area contributed by atoms with Crippen LogP contribution in [-0.2, 0) is 11.2 Å². The van der Waals surface area contributed by atoms with Gasteiger partial charge in [-0.05, 0) is 58.1 Å². The van der Waals surface area contributed by atoms with E-state index < -0.39 is 5.97 Å². The van der Waals surface area contributed by atoms with E-state index in [-0.39, 0.29) is 11.5 Å². The number of hydrogen-bond acceptors (Lipinski definition) is 6. The summed E-state index contributed by atoms with van der Waals surface area (Å²) in [6.07, 6.45) is 7.44. The van der Waals surface area contributed by atoms with Crippen molar-refractivity contribution in [3.8, 4) is 23.8 Å². The molecule has 2 aromatic rings. The van der Waals surface area contributed by atoms with E-state index in [0.717, 1.165) is 15.3 Å². The first-order valence-electron chi connectivity index (χ1n) is 7.46. The van der Waals surface area contributed by atoms with Gasteiger partial charge in [0.25, 0.3) is 0 Å². The number of aliphatic carboxylic acids is 1. The Morgan fingerprint density at radius 1 is 1.54 bits per heavy atom. The quantitative estimate of drug-likeness (QED) is 0.257. The van der Waals surface area contributed by atoms with Crippen LogP contribution in [0.15, 0.2) is 22.2 Å². The number of benzene rings is 1. The van der Waals surface area contributed by atoms with Crippen molar-refractivity contribution >= 4 is 46.4 Å². The van der Waals surface area contributed by atoms with Crippen LogP contribution in [0.1, 0.15) is 18.3 Å². The summed E-state index contributed by atoms with van der Waals surface area (Å²) in [4.78, 5) is 15.9. The van der Waals surface area contributed by atoms with Gasteiger partial charge in [-0.25, -0.2) is 9.78 Å². The second-order valence-corrected chi connectivity index (χ2v) is 7.03. The van der Waals surface area contributed by atoms with Crippen molar-refractivity contribution in [1.29, 1.82) is 0 Å². The van der Waals surface area contributed by atoms with Crippen molar-refractivity contribution in [3.05, 3.63) is 32.0 Å². The normalized spacial score (nSPS) is 11.1. The topological polar surface area (TPSA) is 97.3 Å². The number of nitrogens with zero attached hydrogens (tertiary/aromatic N) is 2. The molecule has 2 N–H and O–H groups in total. The van der Waals surface area contributed by atoms with Gasteiger partial charge in [0, 0.05) is 6.42 Å². The van der Waals surface area contributed by atoms with Crippen LogP contribution in [0.5, 0.6) is 11.5 Å². The second-order valence-electron chi connectivity index (χ2n) is 4.86. The zero-order chi connectivity index (χ0) is 19.1. The van der Waals surface area contributed by atoms with E-state index in [9.17, 15) is 9.90 Å². The Labute approximate surface area is 168 Å². The smallest absolute Gasteiger partial charge is 0.342 e. The molecule has 0 atom stereocenters. The molecule has 9 heteroatoms. The zero-order valence-electron chi connectivity index (χ0n) is 14.1. The molecule has 0 saturated carbocycles. The molecule has 136 valence electrons. The van der Waals surface area contributed by atoms with E-state index in [2.05, 4.69) is 43.7 Å². The largest absolute Gasteiger partial charge is 0.493 e. The highest BCUT2D eigenvalue weighted by molar-refractivity contribution is 14.1. The number of terminal acetylenes is 1. The predicted molar refractivity (Wildman–Crippen MR) is 107 cm³/mol. The van der Waals surface area contributed by atoms with Crippen LogP contribution in [0.4, 0.5) is 0 Å². The fourth-order valence-electron chi connectivity index (χ4n) is 1.94.